The number of methoxy groups -OCH3 is 1. The number of hydrogen-bond donors (Lipinski definition) is 0. The van der Waals surface area contributed by atoms with Crippen LogP contribution in [-0.4, -0.2) is 26.4 Å². The average Bonchev–Trinajstić information content (AvgIpc) is 2.34. The largest absolute Gasteiger partial charge is 0.380 e. The number of benzene rings is 1. The standard InChI is InChI=1S/C14H21BrO3/c1-4-18-11(2)8-17-9-12-5-6-14(15)13(7-12)10-16-3/h5-7,11H,4,8-10H2,1-3H3. The Morgan fingerprint density at radius 3 is 2.72 bits per heavy atom. The zero-order valence-corrected chi connectivity index (χ0v) is 12.8. The van der Waals surface area contributed by atoms with Crippen LogP contribution in [0.1, 0.15) is 25.0 Å². The lowest BCUT2D eigenvalue weighted by Gasteiger charge is -2.12. The summed E-state index contributed by atoms with van der Waals surface area (Å²) < 4.78 is 17.2. The van der Waals surface area contributed by atoms with Gasteiger partial charge in [0.15, 0.2) is 0 Å². The maximum atomic E-state index is 5.63. The molecule has 0 fully saturated rings. The van der Waals surface area contributed by atoms with E-state index in [4.69, 9.17) is 14.2 Å². The van der Waals surface area contributed by atoms with Crippen LogP contribution in [0, 0.1) is 0 Å². The van der Waals surface area contributed by atoms with Gasteiger partial charge in [0.25, 0.3) is 0 Å². The van der Waals surface area contributed by atoms with Crippen LogP contribution in [0.15, 0.2) is 22.7 Å². The fraction of sp³-hybridized carbons (Fsp3) is 0.571. The van der Waals surface area contributed by atoms with Gasteiger partial charge in [-0.25, -0.2) is 0 Å². The van der Waals surface area contributed by atoms with Crippen molar-refractivity contribution >= 4 is 15.9 Å². The number of ether oxygens (including phenoxy) is 3. The molecule has 0 amide bonds. The van der Waals surface area contributed by atoms with Gasteiger partial charge < -0.3 is 14.2 Å². The molecule has 0 bridgehead atoms. The molecule has 0 aliphatic heterocycles. The number of rotatable bonds is 8. The van der Waals surface area contributed by atoms with E-state index in [1.54, 1.807) is 7.11 Å². The van der Waals surface area contributed by atoms with Gasteiger partial charge >= 0.3 is 0 Å². The van der Waals surface area contributed by atoms with Crippen molar-refractivity contribution in [2.75, 3.05) is 20.3 Å². The summed E-state index contributed by atoms with van der Waals surface area (Å²) in [6.07, 6.45) is 0.142. The summed E-state index contributed by atoms with van der Waals surface area (Å²) in [5, 5.41) is 0. The van der Waals surface area contributed by atoms with E-state index in [0.29, 0.717) is 19.8 Å². The third-order valence-corrected chi connectivity index (χ3v) is 3.26. The first-order valence-corrected chi connectivity index (χ1v) is 6.92. The van der Waals surface area contributed by atoms with Gasteiger partial charge in [0.2, 0.25) is 0 Å². The summed E-state index contributed by atoms with van der Waals surface area (Å²) in [7, 11) is 1.69. The molecule has 18 heavy (non-hydrogen) atoms. The zero-order chi connectivity index (χ0) is 13.4. The van der Waals surface area contributed by atoms with Crippen LogP contribution in [0.4, 0.5) is 0 Å². The second-order valence-corrected chi connectivity index (χ2v) is 4.99. The topological polar surface area (TPSA) is 27.7 Å². The highest BCUT2D eigenvalue weighted by Crippen LogP contribution is 2.19. The lowest BCUT2D eigenvalue weighted by Crippen LogP contribution is -2.15. The van der Waals surface area contributed by atoms with Crippen molar-refractivity contribution in [1.82, 2.24) is 0 Å². The van der Waals surface area contributed by atoms with Gasteiger partial charge in [-0.3, -0.25) is 0 Å². The van der Waals surface area contributed by atoms with E-state index in [9.17, 15) is 0 Å². The van der Waals surface area contributed by atoms with E-state index in [0.717, 1.165) is 22.2 Å². The molecule has 0 N–H and O–H groups in total. The van der Waals surface area contributed by atoms with Crippen molar-refractivity contribution in [2.24, 2.45) is 0 Å². The lowest BCUT2D eigenvalue weighted by atomic mass is 10.1. The molecular weight excluding hydrogens is 296 g/mol. The Labute approximate surface area is 118 Å². The van der Waals surface area contributed by atoms with E-state index in [-0.39, 0.29) is 6.10 Å². The van der Waals surface area contributed by atoms with Crippen LogP contribution in [0.2, 0.25) is 0 Å². The van der Waals surface area contributed by atoms with Gasteiger partial charge in [-0.1, -0.05) is 28.1 Å². The van der Waals surface area contributed by atoms with Gasteiger partial charge in [0.1, 0.15) is 0 Å². The van der Waals surface area contributed by atoms with Crippen molar-refractivity contribution in [3.05, 3.63) is 33.8 Å². The SMILES string of the molecule is CCOC(C)COCc1ccc(Br)c(COC)c1. The lowest BCUT2D eigenvalue weighted by molar-refractivity contribution is -0.00716. The quantitative estimate of drug-likeness (QED) is 0.734. The molecule has 0 radical (unpaired) electrons. The zero-order valence-electron chi connectivity index (χ0n) is 11.2. The highest BCUT2D eigenvalue weighted by atomic mass is 79.9. The minimum absolute atomic E-state index is 0.142. The maximum Gasteiger partial charge on any atom is 0.0780 e. The molecule has 0 aromatic heterocycles. The second kappa shape index (κ2) is 8.64. The molecule has 0 spiro atoms. The van der Waals surface area contributed by atoms with E-state index in [1.807, 2.05) is 19.9 Å². The van der Waals surface area contributed by atoms with Crippen molar-refractivity contribution < 1.29 is 14.2 Å². The molecule has 1 unspecified atom stereocenters. The molecule has 1 aromatic carbocycles. The molecule has 1 atom stereocenters. The molecule has 0 saturated carbocycles. The summed E-state index contributed by atoms with van der Waals surface area (Å²) in [5.74, 6) is 0. The van der Waals surface area contributed by atoms with Crippen LogP contribution in [0.3, 0.4) is 0 Å². The first kappa shape index (κ1) is 15.6. The summed E-state index contributed by atoms with van der Waals surface area (Å²) in [4.78, 5) is 0. The molecule has 1 rings (SSSR count). The van der Waals surface area contributed by atoms with Gasteiger partial charge in [0.05, 0.1) is 25.9 Å². The summed E-state index contributed by atoms with van der Waals surface area (Å²) in [6, 6.07) is 6.17. The smallest absolute Gasteiger partial charge is 0.0780 e. The molecule has 0 heterocycles. The molecule has 0 saturated heterocycles. The van der Waals surface area contributed by atoms with Gasteiger partial charge in [-0.05, 0) is 31.0 Å². The highest BCUT2D eigenvalue weighted by Gasteiger charge is 2.04. The predicted molar refractivity (Wildman–Crippen MR) is 75.6 cm³/mol. The third kappa shape index (κ3) is 5.48. The Morgan fingerprint density at radius 2 is 2.06 bits per heavy atom. The monoisotopic (exact) mass is 316 g/mol. The van der Waals surface area contributed by atoms with E-state index in [2.05, 4.69) is 28.1 Å². The second-order valence-electron chi connectivity index (χ2n) is 4.14. The normalized spacial score (nSPS) is 12.7. The van der Waals surface area contributed by atoms with Crippen molar-refractivity contribution in [1.29, 1.82) is 0 Å². The number of hydrogen-bond acceptors (Lipinski definition) is 3. The first-order chi connectivity index (χ1) is 8.67. The van der Waals surface area contributed by atoms with E-state index in [1.165, 1.54) is 0 Å². The van der Waals surface area contributed by atoms with Crippen molar-refractivity contribution in [2.45, 2.75) is 33.2 Å². The van der Waals surface area contributed by atoms with E-state index < -0.39 is 0 Å². The van der Waals surface area contributed by atoms with Gasteiger partial charge in [0, 0.05) is 18.2 Å². The van der Waals surface area contributed by atoms with Gasteiger partial charge in [-0.2, -0.15) is 0 Å². The minimum Gasteiger partial charge on any atom is -0.380 e. The Morgan fingerprint density at radius 1 is 1.28 bits per heavy atom. The first-order valence-electron chi connectivity index (χ1n) is 6.13. The van der Waals surface area contributed by atoms with Crippen LogP contribution in [0.25, 0.3) is 0 Å². The molecule has 4 heteroatoms. The Bertz CT molecular complexity index is 355. The summed E-state index contributed by atoms with van der Waals surface area (Å²) >= 11 is 3.50. The molecule has 3 nitrogen and oxygen atoms in total. The third-order valence-electron chi connectivity index (χ3n) is 2.48. The van der Waals surface area contributed by atoms with Crippen LogP contribution >= 0.6 is 15.9 Å². The minimum atomic E-state index is 0.142. The predicted octanol–water partition coefficient (Wildman–Crippen LogP) is 3.54. The Balaban J connectivity index is 2.44. The molecular formula is C14H21BrO3. The maximum absolute atomic E-state index is 5.63. The van der Waals surface area contributed by atoms with E-state index >= 15 is 0 Å². The van der Waals surface area contributed by atoms with Gasteiger partial charge in [-0.15, -0.1) is 0 Å². The Hall–Kier alpha value is -0.420. The molecule has 0 aliphatic carbocycles. The summed E-state index contributed by atoms with van der Waals surface area (Å²) in [6.45, 7) is 6.54. The van der Waals surface area contributed by atoms with Crippen molar-refractivity contribution in [3.63, 3.8) is 0 Å². The molecule has 0 aliphatic rings. The highest BCUT2D eigenvalue weighted by molar-refractivity contribution is 9.10. The Kier molecular flexibility index (Phi) is 7.51. The van der Waals surface area contributed by atoms with Crippen LogP contribution in [0.5, 0.6) is 0 Å². The fourth-order valence-electron chi connectivity index (χ4n) is 1.66. The van der Waals surface area contributed by atoms with Crippen LogP contribution < -0.4 is 0 Å². The van der Waals surface area contributed by atoms with Crippen LogP contribution in [-0.2, 0) is 27.4 Å². The average molecular weight is 317 g/mol. The van der Waals surface area contributed by atoms with Crippen molar-refractivity contribution in [3.8, 4) is 0 Å². The fourth-order valence-corrected chi connectivity index (χ4v) is 2.02. The summed E-state index contributed by atoms with van der Waals surface area (Å²) in [5.41, 5.74) is 2.28. The molecule has 102 valence electrons. The number of halogens is 1. The molecule has 1 aromatic rings.